The first-order valence-electron chi connectivity index (χ1n) is 11.8. The topological polar surface area (TPSA) is 154 Å². The lowest BCUT2D eigenvalue weighted by Gasteiger charge is -2.40. The van der Waals surface area contributed by atoms with E-state index < -0.39 is 16.1 Å². The van der Waals surface area contributed by atoms with E-state index in [9.17, 15) is 13.2 Å². The number of H-pyrrole nitrogens is 2. The largest absolute Gasteiger partial charge is 0.345 e. The van der Waals surface area contributed by atoms with Crippen LogP contribution in [0.1, 0.15) is 27.7 Å². The third-order valence-corrected chi connectivity index (χ3v) is 9.58. The molecule has 196 valence electrons. The minimum Gasteiger partial charge on any atom is -0.345 e. The maximum atomic E-state index is 13.6. The first kappa shape index (κ1) is 24.9. The minimum atomic E-state index is -3.86. The Morgan fingerprint density at radius 3 is 2.92 bits per heavy atom. The summed E-state index contributed by atoms with van der Waals surface area (Å²) in [4.78, 5) is 27.1. The summed E-state index contributed by atoms with van der Waals surface area (Å²) in [6.07, 6.45) is 2.59. The predicted molar refractivity (Wildman–Crippen MR) is 142 cm³/mol. The van der Waals surface area contributed by atoms with E-state index in [4.69, 9.17) is 11.6 Å². The van der Waals surface area contributed by atoms with Gasteiger partial charge < -0.3 is 9.88 Å². The number of rotatable bonds is 6. The van der Waals surface area contributed by atoms with E-state index in [2.05, 4.69) is 35.6 Å². The van der Waals surface area contributed by atoms with E-state index in [0.717, 1.165) is 10.4 Å². The van der Waals surface area contributed by atoms with Crippen LogP contribution in [-0.4, -0.2) is 84.8 Å². The Hall–Kier alpha value is -3.46. The van der Waals surface area contributed by atoms with Gasteiger partial charge in [-0.2, -0.15) is 9.52 Å². The summed E-state index contributed by atoms with van der Waals surface area (Å²) in [5.41, 5.74) is 2.21. The number of hydrogen-bond acceptors (Lipinski definition) is 9. The van der Waals surface area contributed by atoms with Crippen LogP contribution in [0.2, 0.25) is 5.02 Å². The van der Waals surface area contributed by atoms with Crippen LogP contribution in [0.3, 0.4) is 0 Å². The van der Waals surface area contributed by atoms with Gasteiger partial charge in [0, 0.05) is 59.9 Å². The van der Waals surface area contributed by atoms with Crippen LogP contribution in [0, 0.1) is 6.92 Å². The van der Waals surface area contributed by atoms with Gasteiger partial charge in [0.2, 0.25) is 0 Å². The van der Waals surface area contributed by atoms with Crippen molar-refractivity contribution in [3.8, 4) is 0 Å². The van der Waals surface area contributed by atoms with E-state index >= 15 is 0 Å². The number of pyridine rings is 1. The van der Waals surface area contributed by atoms with Crippen molar-refractivity contribution in [1.29, 1.82) is 0 Å². The monoisotopic (exact) mass is 571 g/mol. The molecule has 2 N–H and O–H groups in total. The maximum Gasteiger partial charge on any atom is 0.283 e. The molecule has 0 saturated carbocycles. The van der Waals surface area contributed by atoms with E-state index in [1.807, 2.05) is 13.0 Å². The van der Waals surface area contributed by atoms with Crippen molar-refractivity contribution in [2.75, 3.05) is 19.6 Å². The number of carbonyl (C=O) groups excluding carboxylic acids is 1. The van der Waals surface area contributed by atoms with Crippen LogP contribution < -0.4 is 0 Å². The first-order valence-corrected chi connectivity index (χ1v) is 14.5. The molecule has 6 rings (SSSR count). The lowest BCUT2D eigenvalue weighted by Crippen LogP contribution is -2.56. The van der Waals surface area contributed by atoms with Crippen molar-refractivity contribution in [3.05, 3.63) is 58.1 Å². The second-order valence-electron chi connectivity index (χ2n) is 9.06. The normalized spacial score (nSPS) is 17.0. The molecule has 4 aromatic heterocycles. The van der Waals surface area contributed by atoms with Gasteiger partial charge in [-0.1, -0.05) is 16.8 Å². The molecule has 1 atom stereocenters. The Balaban J connectivity index is 1.28. The van der Waals surface area contributed by atoms with E-state index in [1.165, 1.54) is 15.6 Å². The Labute approximate surface area is 226 Å². The van der Waals surface area contributed by atoms with Crippen molar-refractivity contribution in [3.63, 3.8) is 0 Å². The highest BCUT2D eigenvalue weighted by Gasteiger charge is 2.38. The minimum absolute atomic E-state index is 0.0838. The quantitative estimate of drug-likeness (QED) is 0.315. The van der Waals surface area contributed by atoms with E-state index in [0.29, 0.717) is 45.1 Å². The molecule has 1 saturated heterocycles. The number of thiazole rings is 1. The number of nitrogens with one attached hydrogen (secondary N) is 2. The summed E-state index contributed by atoms with van der Waals surface area (Å²) in [6.45, 7) is 2.35. The number of amides is 1. The van der Waals surface area contributed by atoms with Gasteiger partial charge in [0.1, 0.15) is 5.03 Å². The highest BCUT2D eigenvalue weighted by Crippen LogP contribution is 2.29. The predicted octanol–water partition coefficient (Wildman–Crippen LogP) is 2.80. The number of tetrazole rings is 1. The number of hydrogen-bond donors (Lipinski definition) is 2. The molecule has 1 unspecified atom stereocenters. The Morgan fingerprint density at radius 2 is 2.11 bits per heavy atom. The standard InChI is InChI=1S/C23H22ClN9O3S2/c1-13-8-18-19(11-25-13)37-22(27-18)23(34)33-7-6-32(12-16(33)3-5-20-28-30-31-29-20)38(35,36)21-10-14-9-15(24)2-4-17(14)26-21/h2,4,8-11,16,26H,3,5-7,12H2,1H3,(H,28,29,30,31). The van der Waals surface area contributed by atoms with E-state index in [-0.39, 0.29) is 30.6 Å². The smallest absolute Gasteiger partial charge is 0.283 e. The van der Waals surface area contributed by atoms with Crippen LogP contribution in [0.25, 0.3) is 21.1 Å². The number of nitrogens with zero attached hydrogens (tertiary/aromatic N) is 7. The summed E-state index contributed by atoms with van der Waals surface area (Å²) in [5.74, 6) is 0.255. The van der Waals surface area contributed by atoms with Crippen molar-refractivity contribution >= 4 is 60.0 Å². The molecule has 12 nitrogen and oxygen atoms in total. The molecule has 1 fully saturated rings. The molecule has 1 aliphatic heterocycles. The van der Waals surface area contributed by atoms with Gasteiger partial charge in [0.05, 0.1) is 10.2 Å². The zero-order chi connectivity index (χ0) is 26.4. The van der Waals surface area contributed by atoms with Crippen LogP contribution in [0.5, 0.6) is 0 Å². The number of halogens is 1. The first-order chi connectivity index (χ1) is 18.3. The van der Waals surface area contributed by atoms with Gasteiger partial charge in [-0.05, 0) is 43.7 Å². The number of piperazine rings is 1. The second-order valence-corrected chi connectivity index (χ2v) is 12.4. The number of aryl methyl sites for hydroxylation is 2. The Kier molecular flexibility index (Phi) is 6.34. The van der Waals surface area contributed by atoms with Crippen molar-refractivity contribution in [2.24, 2.45) is 0 Å². The summed E-state index contributed by atoms with van der Waals surface area (Å²) >= 11 is 7.36. The van der Waals surface area contributed by atoms with Gasteiger partial charge in [-0.25, -0.2) is 13.4 Å². The summed E-state index contributed by atoms with van der Waals surface area (Å²) in [5, 5.41) is 15.7. The highest BCUT2D eigenvalue weighted by molar-refractivity contribution is 7.89. The average Bonchev–Trinajstić information content (AvgIpc) is 3.66. The average molecular weight is 572 g/mol. The zero-order valence-electron chi connectivity index (χ0n) is 20.1. The number of sulfonamides is 1. The summed E-state index contributed by atoms with van der Waals surface area (Å²) in [6, 6.07) is 8.17. The Bertz CT molecular complexity index is 1750. The fraction of sp³-hybridized carbons (Fsp3) is 0.304. The van der Waals surface area contributed by atoms with Gasteiger partial charge in [-0.3, -0.25) is 9.78 Å². The molecule has 15 heteroatoms. The number of aromatic amines is 2. The van der Waals surface area contributed by atoms with Crippen molar-refractivity contribution < 1.29 is 13.2 Å². The molecule has 1 amide bonds. The molecule has 0 spiro atoms. The molecule has 38 heavy (non-hydrogen) atoms. The Morgan fingerprint density at radius 1 is 1.24 bits per heavy atom. The van der Waals surface area contributed by atoms with Crippen molar-refractivity contribution in [2.45, 2.75) is 30.8 Å². The highest BCUT2D eigenvalue weighted by atomic mass is 35.5. The van der Waals surface area contributed by atoms with Crippen molar-refractivity contribution in [1.82, 2.24) is 44.8 Å². The molecule has 1 aromatic carbocycles. The maximum absolute atomic E-state index is 13.6. The molecule has 0 bridgehead atoms. The number of aromatic nitrogens is 7. The van der Waals surface area contributed by atoms with Gasteiger partial charge in [-0.15, -0.1) is 21.5 Å². The fourth-order valence-corrected chi connectivity index (χ4v) is 7.18. The molecule has 1 aliphatic rings. The molecular formula is C23H22ClN9O3S2. The lowest BCUT2D eigenvalue weighted by molar-refractivity contribution is 0.0550. The fourth-order valence-electron chi connectivity index (χ4n) is 4.65. The van der Waals surface area contributed by atoms with E-state index in [1.54, 1.807) is 35.4 Å². The SMILES string of the molecule is Cc1cc2nc(C(=O)N3CCN(S(=O)(=O)c4cc5cc(Cl)ccc5[nH]4)CC3CCc3nn[nH]n3)sc2cn1. The summed E-state index contributed by atoms with van der Waals surface area (Å²) in [7, 11) is -3.86. The lowest BCUT2D eigenvalue weighted by atomic mass is 10.1. The van der Waals surface area contributed by atoms with Crippen LogP contribution >= 0.6 is 22.9 Å². The molecule has 0 aliphatic carbocycles. The number of carbonyl (C=O) groups is 1. The van der Waals surface area contributed by atoms with Crippen LogP contribution in [-0.2, 0) is 16.4 Å². The molecular weight excluding hydrogens is 550 g/mol. The second kappa shape index (κ2) is 9.69. The molecule has 5 aromatic rings. The van der Waals surface area contributed by atoms with Gasteiger partial charge in [0.25, 0.3) is 15.9 Å². The number of benzene rings is 1. The number of fused-ring (bicyclic) bond motifs is 2. The molecule has 0 radical (unpaired) electrons. The third-order valence-electron chi connectivity index (χ3n) is 6.57. The zero-order valence-corrected chi connectivity index (χ0v) is 22.5. The summed E-state index contributed by atoms with van der Waals surface area (Å²) < 4.78 is 29.5. The van der Waals surface area contributed by atoms with Gasteiger partial charge >= 0.3 is 0 Å². The van der Waals surface area contributed by atoms with Gasteiger partial charge in [0.15, 0.2) is 10.8 Å². The third kappa shape index (κ3) is 4.64. The molecule has 5 heterocycles. The van der Waals surface area contributed by atoms with Crippen LogP contribution in [0.4, 0.5) is 0 Å². The van der Waals surface area contributed by atoms with Crippen LogP contribution in [0.15, 0.2) is 41.6 Å².